The van der Waals surface area contributed by atoms with Crippen LogP contribution in [-0.2, 0) is 26.0 Å². The van der Waals surface area contributed by atoms with Gasteiger partial charge in [-0.05, 0) is 48.1 Å². The van der Waals surface area contributed by atoms with Gasteiger partial charge in [0.05, 0.1) is 31.5 Å². The van der Waals surface area contributed by atoms with Crippen LogP contribution in [-0.4, -0.2) is 40.2 Å². The smallest absolute Gasteiger partial charge is 0.307 e. The second-order valence-electron chi connectivity index (χ2n) is 6.60. The molecule has 1 N–H and O–H groups in total. The number of fused-ring (bicyclic) bond motifs is 1. The molecule has 9 heteroatoms. The predicted molar refractivity (Wildman–Crippen MR) is 108 cm³/mol. The van der Waals surface area contributed by atoms with E-state index in [1.165, 1.54) is 29.0 Å². The minimum absolute atomic E-state index is 0.0373. The van der Waals surface area contributed by atoms with Crippen LogP contribution in [0.3, 0.4) is 0 Å². The van der Waals surface area contributed by atoms with Crippen LogP contribution in [0.5, 0.6) is 0 Å². The fourth-order valence-electron chi connectivity index (χ4n) is 3.25. The van der Waals surface area contributed by atoms with E-state index in [0.29, 0.717) is 30.6 Å². The molecule has 0 unspecified atom stereocenters. The predicted octanol–water partition coefficient (Wildman–Crippen LogP) is 2.49. The molecular formula is C19H22N2O5S2. The van der Waals surface area contributed by atoms with Gasteiger partial charge in [-0.25, -0.2) is 8.42 Å². The zero-order valence-corrected chi connectivity index (χ0v) is 17.3. The van der Waals surface area contributed by atoms with E-state index in [0.717, 1.165) is 10.4 Å². The summed E-state index contributed by atoms with van der Waals surface area (Å²) in [6, 6.07) is 8.24. The van der Waals surface area contributed by atoms with Crippen LogP contribution < -0.4 is 9.62 Å². The number of nitrogens with one attached hydrogen (secondary N) is 1. The molecule has 0 bridgehead atoms. The van der Waals surface area contributed by atoms with Crippen molar-refractivity contribution in [2.24, 2.45) is 0 Å². The number of aryl methyl sites for hydroxylation is 1. The third kappa shape index (κ3) is 4.53. The molecule has 150 valence electrons. The van der Waals surface area contributed by atoms with Crippen LogP contribution in [0.4, 0.5) is 5.69 Å². The van der Waals surface area contributed by atoms with Crippen molar-refractivity contribution >= 4 is 38.9 Å². The second kappa shape index (κ2) is 8.32. The molecule has 0 saturated carbocycles. The molecule has 0 aliphatic carbocycles. The Morgan fingerprint density at radius 3 is 2.75 bits per heavy atom. The highest BCUT2D eigenvalue weighted by Gasteiger charge is 2.26. The number of methoxy groups -OCH3 is 1. The van der Waals surface area contributed by atoms with E-state index in [9.17, 15) is 18.0 Å². The monoisotopic (exact) mass is 422 g/mol. The van der Waals surface area contributed by atoms with Crippen LogP contribution in [0, 0.1) is 0 Å². The summed E-state index contributed by atoms with van der Waals surface area (Å²) in [6.07, 6.45) is 2.63. The maximum absolute atomic E-state index is 12.8. The SMILES string of the molecule is COC(=O)C[C@H](NC(=O)c1ccc2c(c1)CCCN2S(C)(=O)=O)c1cccs1. The number of amides is 1. The Hall–Kier alpha value is -2.39. The van der Waals surface area contributed by atoms with Crippen LogP contribution in [0.2, 0.25) is 0 Å². The van der Waals surface area contributed by atoms with Crippen molar-refractivity contribution in [3.05, 3.63) is 51.7 Å². The molecule has 2 aromatic rings. The van der Waals surface area contributed by atoms with E-state index in [2.05, 4.69) is 5.32 Å². The first-order valence-corrected chi connectivity index (χ1v) is 11.5. The van der Waals surface area contributed by atoms with Crippen molar-refractivity contribution in [1.82, 2.24) is 5.32 Å². The van der Waals surface area contributed by atoms with Gasteiger partial charge in [-0.3, -0.25) is 13.9 Å². The van der Waals surface area contributed by atoms with Gasteiger partial charge >= 0.3 is 5.97 Å². The first kappa shape index (κ1) is 20.3. The Balaban J connectivity index is 1.83. The zero-order valence-electron chi connectivity index (χ0n) is 15.7. The van der Waals surface area contributed by atoms with Gasteiger partial charge in [-0.1, -0.05) is 6.07 Å². The van der Waals surface area contributed by atoms with Crippen LogP contribution in [0.15, 0.2) is 35.7 Å². The van der Waals surface area contributed by atoms with Gasteiger partial charge in [-0.2, -0.15) is 0 Å². The second-order valence-corrected chi connectivity index (χ2v) is 9.49. The summed E-state index contributed by atoms with van der Waals surface area (Å²) in [5, 5.41) is 4.77. The van der Waals surface area contributed by atoms with Gasteiger partial charge in [0.15, 0.2) is 0 Å². The van der Waals surface area contributed by atoms with Crippen molar-refractivity contribution in [2.75, 3.05) is 24.2 Å². The molecule has 0 radical (unpaired) electrons. The number of carbonyl (C=O) groups is 2. The van der Waals surface area contributed by atoms with Gasteiger partial charge in [0.25, 0.3) is 5.91 Å². The number of nitrogens with zero attached hydrogens (tertiary/aromatic N) is 1. The average molecular weight is 423 g/mol. The van der Waals surface area contributed by atoms with Crippen LogP contribution >= 0.6 is 11.3 Å². The third-order valence-corrected chi connectivity index (χ3v) is 6.77. The Morgan fingerprint density at radius 2 is 2.11 bits per heavy atom. The van der Waals surface area contributed by atoms with Crippen molar-refractivity contribution in [2.45, 2.75) is 25.3 Å². The molecule has 1 atom stereocenters. The fourth-order valence-corrected chi connectivity index (χ4v) is 5.03. The number of thiophene rings is 1. The van der Waals surface area contributed by atoms with E-state index < -0.39 is 22.0 Å². The molecule has 1 amide bonds. The minimum Gasteiger partial charge on any atom is -0.469 e. The van der Waals surface area contributed by atoms with E-state index in [1.807, 2.05) is 17.5 Å². The molecular weight excluding hydrogens is 400 g/mol. The van der Waals surface area contributed by atoms with Crippen molar-refractivity contribution in [3.8, 4) is 0 Å². The topological polar surface area (TPSA) is 92.8 Å². The van der Waals surface area contributed by atoms with Gasteiger partial charge in [0.1, 0.15) is 0 Å². The number of hydrogen-bond acceptors (Lipinski definition) is 6. The van der Waals surface area contributed by atoms with Gasteiger partial charge in [-0.15, -0.1) is 11.3 Å². The quantitative estimate of drug-likeness (QED) is 0.722. The van der Waals surface area contributed by atoms with E-state index in [4.69, 9.17) is 4.74 Å². The first-order chi connectivity index (χ1) is 13.3. The molecule has 0 spiro atoms. The Labute approximate surface area is 168 Å². The standard InChI is InChI=1S/C19H22N2O5S2/c1-26-18(22)12-15(17-6-4-10-27-17)20-19(23)14-7-8-16-13(11-14)5-3-9-21(16)28(2,24)25/h4,6-8,10-11,15H,3,5,9,12H2,1-2H3,(H,20,23)/t15-/m0/s1. The van der Waals surface area contributed by atoms with Gasteiger partial charge < -0.3 is 10.1 Å². The Morgan fingerprint density at radius 1 is 1.32 bits per heavy atom. The maximum Gasteiger partial charge on any atom is 0.307 e. The summed E-state index contributed by atoms with van der Waals surface area (Å²) in [4.78, 5) is 25.4. The summed E-state index contributed by atoms with van der Waals surface area (Å²) in [5.41, 5.74) is 1.88. The largest absolute Gasteiger partial charge is 0.469 e. The fraction of sp³-hybridized carbons (Fsp3) is 0.368. The number of ether oxygens (including phenoxy) is 1. The molecule has 1 aliphatic rings. The molecule has 3 rings (SSSR count). The number of benzene rings is 1. The molecule has 1 aliphatic heterocycles. The van der Waals surface area contributed by atoms with E-state index in [1.54, 1.807) is 18.2 Å². The molecule has 2 heterocycles. The minimum atomic E-state index is -3.35. The molecule has 7 nitrogen and oxygen atoms in total. The molecule has 1 aromatic carbocycles. The summed E-state index contributed by atoms with van der Waals surface area (Å²) in [6.45, 7) is 0.441. The summed E-state index contributed by atoms with van der Waals surface area (Å²) >= 11 is 1.45. The highest BCUT2D eigenvalue weighted by Crippen LogP contribution is 2.30. The van der Waals surface area contributed by atoms with Gasteiger partial charge in [0.2, 0.25) is 10.0 Å². The average Bonchev–Trinajstić information content (AvgIpc) is 3.20. The molecule has 0 saturated heterocycles. The van der Waals surface area contributed by atoms with E-state index >= 15 is 0 Å². The lowest BCUT2D eigenvalue weighted by atomic mass is 10.00. The number of hydrogen-bond donors (Lipinski definition) is 1. The van der Waals surface area contributed by atoms with Gasteiger partial charge in [0, 0.05) is 17.0 Å². The summed E-state index contributed by atoms with van der Waals surface area (Å²) in [7, 11) is -2.04. The number of esters is 1. The van der Waals surface area contributed by atoms with Crippen molar-refractivity contribution in [1.29, 1.82) is 0 Å². The van der Waals surface area contributed by atoms with E-state index in [-0.39, 0.29) is 12.3 Å². The highest BCUT2D eigenvalue weighted by atomic mass is 32.2. The summed E-state index contributed by atoms with van der Waals surface area (Å²) in [5.74, 6) is -0.727. The first-order valence-electron chi connectivity index (χ1n) is 8.81. The number of carbonyl (C=O) groups excluding carboxylic acids is 2. The third-order valence-electron chi connectivity index (χ3n) is 4.61. The highest BCUT2D eigenvalue weighted by molar-refractivity contribution is 7.92. The Kier molecular flexibility index (Phi) is 6.04. The number of anilines is 1. The Bertz CT molecular complexity index is 970. The van der Waals surface area contributed by atoms with Crippen LogP contribution in [0.25, 0.3) is 0 Å². The van der Waals surface area contributed by atoms with Crippen molar-refractivity contribution < 1.29 is 22.7 Å². The lowest BCUT2D eigenvalue weighted by Gasteiger charge is -2.29. The number of rotatable bonds is 6. The van der Waals surface area contributed by atoms with Crippen molar-refractivity contribution in [3.63, 3.8) is 0 Å². The maximum atomic E-state index is 12.8. The zero-order chi connectivity index (χ0) is 20.3. The summed E-state index contributed by atoms with van der Waals surface area (Å²) < 4.78 is 30.1. The lowest BCUT2D eigenvalue weighted by molar-refractivity contribution is -0.141. The molecule has 1 aromatic heterocycles. The van der Waals surface area contributed by atoms with Crippen LogP contribution in [0.1, 0.15) is 39.7 Å². The number of sulfonamides is 1. The molecule has 0 fully saturated rings. The lowest BCUT2D eigenvalue weighted by Crippen LogP contribution is -2.35. The molecule has 28 heavy (non-hydrogen) atoms. The normalized spacial score (nSPS) is 14.9.